The van der Waals surface area contributed by atoms with Crippen LogP contribution in [0.5, 0.6) is 0 Å². The molecular weight excluding hydrogens is 276 g/mol. The highest BCUT2D eigenvalue weighted by atomic mass is 35.5. The monoisotopic (exact) mass is 292 g/mol. The number of aromatic nitrogens is 1. The molecule has 1 fully saturated rings. The molecule has 0 atom stereocenters. The molecule has 0 saturated carbocycles. The molecule has 20 heavy (non-hydrogen) atoms. The number of fused-ring (bicyclic) bond motifs is 1. The van der Waals surface area contributed by atoms with Crippen molar-refractivity contribution in [3.8, 4) is 0 Å². The van der Waals surface area contributed by atoms with Gasteiger partial charge in [0.25, 0.3) is 0 Å². The summed E-state index contributed by atoms with van der Waals surface area (Å²) in [6, 6.07) is 7.55. The van der Waals surface area contributed by atoms with Gasteiger partial charge >= 0.3 is 0 Å². The molecule has 0 amide bonds. The van der Waals surface area contributed by atoms with E-state index in [0.717, 1.165) is 16.6 Å². The highest BCUT2D eigenvalue weighted by Gasteiger charge is 2.29. The molecule has 1 aliphatic rings. The van der Waals surface area contributed by atoms with Crippen molar-refractivity contribution in [2.45, 2.75) is 18.4 Å². The molecule has 0 spiro atoms. The minimum atomic E-state index is -0.694. The minimum absolute atomic E-state index is 0.512. The topological polar surface area (TPSA) is 54.4 Å². The van der Waals surface area contributed by atoms with E-state index in [4.69, 9.17) is 16.3 Å². The third-order valence-corrected chi connectivity index (χ3v) is 3.97. The molecule has 2 N–H and O–H groups in total. The van der Waals surface area contributed by atoms with Gasteiger partial charge in [0, 0.05) is 54.9 Å². The van der Waals surface area contributed by atoms with Gasteiger partial charge in [0.15, 0.2) is 0 Å². The van der Waals surface area contributed by atoms with E-state index in [-0.39, 0.29) is 0 Å². The Kier molecular flexibility index (Phi) is 3.78. The van der Waals surface area contributed by atoms with Crippen LogP contribution in [0.1, 0.15) is 12.8 Å². The minimum Gasteiger partial charge on any atom is -0.388 e. The van der Waals surface area contributed by atoms with Crippen LogP contribution >= 0.6 is 11.6 Å². The molecule has 4 nitrogen and oxygen atoms in total. The number of nitrogens with one attached hydrogen (secondary N) is 1. The first-order valence-corrected chi connectivity index (χ1v) is 7.12. The van der Waals surface area contributed by atoms with Gasteiger partial charge in [-0.05, 0) is 24.3 Å². The van der Waals surface area contributed by atoms with Crippen LogP contribution in [0.15, 0.2) is 30.5 Å². The number of rotatable bonds is 3. The SMILES string of the molecule is OC1(CNc2ccnc3cc(Cl)ccc23)CCOCC1. The average Bonchev–Trinajstić information content (AvgIpc) is 2.45. The number of halogens is 1. The van der Waals surface area contributed by atoms with Crippen molar-refractivity contribution < 1.29 is 9.84 Å². The van der Waals surface area contributed by atoms with Gasteiger partial charge in [0.05, 0.1) is 11.1 Å². The number of anilines is 1. The zero-order chi connectivity index (χ0) is 14.0. The Labute approximate surface area is 122 Å². The van der Waals surface area contributed by atoms with Crippen LogP contribution in [0.2, 0.25) is 5.02 Å². The van der Waals surface area contributed by atoms with E-state index in [1.54, 1.807) is 6.20 Å². The zero-order valence-corrected chi connectivity index (χ0v) is 11.9. The molecule has 106 valence electrons. The average molecular weight is 293 g/mol. The van der Waals surface area contributed by atoms with E-state index in [0.29, 0.717) is 37.6 Å². The van der Waals surface area contributed by atoms with Crippen molar-refractivity contribution in [2.75, 3.05) is 25.1 Å². The van der Waals surface area contributed by atoms with Gasteiger partial charge < -0.3 is 15.2 Å². The van der Waals surface area contributed by atoms with Gasteiger partial charge in [-0.3, -0.25) is 4.98 Å². The summed E-state index contributed by atoms with van der Waals surface area (Å²) >= 11 is 5.98. The van der Waals surface area contributed by atoms with Crippen molar-refractivity contribution in [1.29, 1.82) is 0 Å². The molecule has 0 radical (unpaired) electrons. The molecule has 1 aromatic carbocycles. The number of hydrogen-bond acceptors (Lipinski definition) is 4. The van der Waals surface area contributed by atoms with Crippen LogP contribution in [0.3, 0.4) is 0 Å². The fourth-order valence-electron chi connectivity index (χ4n) is 2.46. The third-order valence-electron chi connectivity index (χ3n) is 3.74. The third kappa shape index (κ3) is 2.87. The highest BCUT2D eigenvalue weighted by molar-refractivity contribution is 6.31. The molecule has 1 aromatic heterocycles. The Hall–Kier alpha value is -1.36. The van der Waals surface area contributed by atoms with E-state index in [1.165, 1.54) is 0 Å². The molecule has 2 heterocycles. The van der Waals surface area contributed by atoms with Crippen LogP contribution in [0, 0.1) is 0 Å². The summed E-state index contributed by atoms with van der Waals surface area (Å²) < 4.78 is 5.29. The fourth-order valence-corrected chi connectivity index (χ4v) is 2.63. The van der Waals surface area contributed by atoms with Gasteiger partial charge in [-0.2, -0.15) is 0 Å². The maximum absolute atomic E-state index is 10.5. The van der Waals surface area contributed by atoms with Crippen LogP contribution in [0.25, 0.3) is 10.9 Å². The number of pyridine rings is 1. The Bertz CT molecular complexity index is 612. The van der Waals surface area contributed by atoms with Crippen LogP contribution in [-0.4, -0.2) is 35.5 Å². The maximum Gasteiger partial charge on any atom is 0.0863 e. The molecule has 5 heteroatoms. The van der Waals surface area contributed by atoms with E-state index in [2.05, 4.69) is 10.3 Å². The van der Waals surface area contributed by atoms with Crippen molar-refractivity contribution in [3.63, 3.8) is 0 Å². The lowest BCUT2D eigenvalue weighted by Gasteiger charge is -2.32. The Morgan fingerprint density at radius 2 is 2.10 bits per heavy atom. The predicted molar refractivity (Wildman–Crippen MR) is 80.2 cm³/mol. The second kappa shape index (κ2) is 5.56. The molecule has 1 saturated heterocycles. The lowest BCUT2D eigenvalue weighted by Crippen LogP contribution is -2.42. The van der Waals surface area contributed by atoms with Gasteiger partial charge in [0.1, 0.15) is 0 Å². The van der Waals surface area contributed by atoms with E-state index in [9.17, 15) is 5.11 Å². The normalized spacial score (nSPS) is 18.1. The first kappa shape index (κ1) is 13.6. The molecule has 3 rings (SSSR count). The maximum atomic E-state index is 10.5. The van der Waals surface area contributed by atoms with Crippen LogP contribution in [-0.2, 0) is 4.74 Å². The van der Waals surface area contributed by atoms with Crippen molar-refractivity contribution in [3.05, 3.63) is 35.5 Å². The summed E-state index contributed by atoms with van der Waals surface area (Å²) in [7, 11) is 0. The second-order valence-electron chi connectivity index (χ2n) is 5.21. The number of ether oxygens (including phenoxy) is 1. The summed E-state index contributed by atoms with van der Waals surface area (Å²) in [6.07, 6.45) is 3.07. The lowest BCUT2D eigenvalue weighted by molar-refractivity contribution is -0.0543. The molecular formula is C15H17ClN2O2. The summed E-state index contributed by atoms with van der Waals surface area (Å²) in [6.45, 7) is 1.74. The number of benzene rings is 1. The molecule has 0 unspecified atom stereocenters. The highest BCUT2D eigenvalue weighted by Crippen LogP contribution is 2.26. The van der Waals surface area contributed by atoms with Crippen molar-refractivity contribution in [1.82, 2.24) is 4.98 Å². The number of aliphatic hydroxyl groups is 1. The number of hydrogen-bond donors (Lipinski definition) is 2. The quantitative estimate of drug-likeness (QED) is 0.913. The second-order valence-corrected chi connectivity index (χ2v) is 5.65. The Morgan fingerprint density at radius 3 is 2.90 bits per heavy atom. The van der Waals surface area contributed by atoms with Crippen LogP contribution in [0.4, 0.5) is 5.69 Å². The first-order valence-electron chi connectivity index (χ1n) is 6.75. The van der Waals surface area contributed by atoms with Gasteiger partial charge in [0.2, 0.25) is 0 Å². The Balaban J connectivity index is 1.80. The summed E-state index contributed by atoms with van der Waals surface area (Å²) in [4.78, 5) is 4.31. The van der Waals surface area contributed by atoms with Gasteiger partial charge in [-0.1, -0.05) is 11.6 Å². The van der Waals surface area contributed by atoms with Crippen LogP contribution < -0.4 is 5.32 Å². The molecule has 1 aliphatic heterocycles. The summed E-state index contributed by atoms with van der Waals surface area (Å²) in [5, 5.41) is 15.5. The number of nitrogens with zero attached hydrogens (tertiary/aromatic N) is 1. The molecule has 0 bridgehead atoms. The smallest absolute Gasteiger partial charge is 0.0863 e. The van der Waals surface area contributed by atoms with E-state index in [1.807, 2.05) is 24.3 Å². The largest absolute Gasteiger partial charge is 0.388 e. The lowest BCUT2D eigenvalue weighted by atomic mass is 9.94. The standard InChI is InChI=1S/C15H17ClN2O2/c16-11-1-2-12-13(3-6-17-14(12)9-11)18-10-15(19)4-7-20-8-5-15/h1-3,6,9,19H,4-5,7-8,10H2,(H,17,18). The first-order chi connectivity index (χ1) is 9.66. The summed E-state index contributed by atoms with van der Waals surface area (Å²) in [5.74, 6) is 0. The summed E-state index contributed by atoms with van der Waals surface area (Å²) in [5.41, 5.74) is 1.12. The zero-order valence-electron chi connectivity index (χ0n) is 11.1. The Morgan fingerprint density at radius 1 is 1.30 bits per heavy atom. The predicted octanol–water partition coefficient (Wildman–Crippen LogP) is 2.84. The molecule has 0 aliphatic carbocycles. The van der Waals surface area contributed by atoms with Crippen molar-refractivity contribution in [2.24, 2.45) is 0 Å². The van der Waals surface area contributed by atoms with Crippen molar-refractivity contribution >= 4 is 28.2 Å². The fraction of sp³-hybridized carbons (Fsp3) is 0.400. The van der Waals surface area contributed by atoms with E-state index < -0.39 is 5.60 Å². The molecule has 2 aromatic rings. The van der Waals surface area contributed by atoms with Gasteiger partial charge in [-0.15, -0.1) is 0 Å². The van der Waals surface area contributed by atoms with E-state index >= 15 is 0 Å². The van der Waals surface area contributed by atoms with Gasteiger partial charge in [-0.25, -0.2) is 0 Å².